The van der Waals surface area contributed by atoms with Crippen LogP contribution in [0.4, 0.5) is 5.13 Å². The van der Waals surface area contributed by atoms with Crippen LogP contribution in [0.5, 0.6) is 5.75 Å². The second-order valence-corrected chi connectivity index (χ2v) is 14.7. The molecule has 1 saturated carbocycles. The fourth-order valence-corrected chi connectivity index (χ4v) is 7.91. The number of fused-ring (bicyclic) bond motifs is 2. The maximum absolute atomic E-state index is 13.0. The molecule has 2 aliphatic heterocycles. The molecule has 2 bridgehead atoms. The molecule has 8 heteroatoms. The van der Waals surface area contributed by atoms with E-state index in [0.717, 1.165) is 96.3 Å². The number of likely N-dealkylation sites (tertiary alicyclic amines) is 1. The third-order valence-electron chi connectivity index (χ3n) is 9.30. The number of amides is 1. The molecule has 1 aromatic heterocycles. The zero-order valence-electron chi connectivity index (χ0n) is 26.7. The van der Waals surface area contributed by atoms with Gasteiger partial charge in [0.25, 0.3) is 5.91 Å². The summed E-state index contributed by atoms with van der Waals surface area (Å²) in [7, 11) is 0. The molecule has 3 aromatic rings. The molecule has 2 unspecified atom stereocenters. The highest BCUT2D eigenvalue weighted by Crippen LogP contribution is 2.45. The second kappa shape index (κ2) is 12.5. The number of aromatic nitrogens is 1. The summed E-state index contributed by atoms with van der Waals surface area (Å²) in [6, 6.07) is 12.2. The van der Waals surface area contributed by atoms with Crippen molar-refractivity contribution in [1.29, 1.82) is 0 Å². The van der Waals surface area contributed by atoms with Crippen LogP contribution in [0.1, 0.15) is 79.9 Å². The van der Waals surface area contributed by atoms with Crippen molar-refractivity contribution >= 4 is 28.3 Å². The fourth-order valence-electron chi connectivity index (χ4n) is 7.06. The molecular formula is C36H45N3O4S. The topological polar surface area (TPSA) is 72.0 Å². The molecule has 2 aromatic carbocycles. The monoisotopic (exact) mass is 615 g/mol. The Morgan fingerprint density at radius 1 is 0.977 bits per heavy atom. The van der Waals surface area contributed by atoms with Crippen LogP contribution in [0.25, 0.3) is 11.3 Å². The molecule has 7 nitrogen and oxygen atoms in total. The molecule has 3 aliphatic rings. The Labute approximate surface area is 265 Å². The molecule has 0 spiro atoms. The van der Waals surface area contributed by atoms with Crippen molar-refractivity contribution < 1.29 is 19.1 Å². The fraction of sp³-hybridized carbons (Fsp3) is 0.528. The van der Waals surface area contributed by atoms with E-state index < -0.39 is 5.60 Å². The number of hydrogen-bond acceptors (Lipinski definition) is 7. The van der Waals surface area contributed by atoms with E-state index in [1.165, 1.54) is 6.42 Å². The van der Waals surface area contributed by atoms with E-state index >= 15 is 0 Å². The zero-order valence-corrected chi connectivity index (χ0v) is 27.5. The summed E-state index contributed by atoms with van der Waals surface area (Å²) < 4.78 is 12.2. The van der Waals surface area contributed by atoms with Gasteiger partial charge in [-0.25, -0.2) is 4.98 Å². The smallest absolute Gasteiger partial charge is 0.310 e. The molecule has 234 valence electrons. The van der Waals surface area contributed by atoms with E-state index in [1.807, 2.05) is 56.9 Å². The Hall–Kier alpha value is -3.39. The predicted molar refractivity (Wildman–Crippen MR) is 175 cm³/mol. The summed E-state index contributed by atoms with van der Waals surface area (Å²) in [6.07, 6.45) is 5.50. The van der Waals surface area contributed by atoms with Gasteiger partial charge in [-0.1, -0.05) is 17.7 Å². The van der Waals surface area contributed by atoms with Crippen LogP contribution in [0, 0.1) is 31.6 Å². The van der Waals surface area contributed by atoms with E-state index in [0.29, 0.717) is 18.4 Å². The Bertz CT molecular complexity index is 1510. The average Bonchev–Trinajstić information content (AvgIpc) is 3.59. The van der Waals surface area contributed by atoms with Gasteiger partial charge >= 0.3 is 5.97 Å². The van der Waals surface area contributed by atoms with Gasteiger partial charge in [-0.2, -0.15) is 0 Å². The molecule has 2 saturated heterocycles. The van der Waals surface area contributed by atoms with Crippen LogP contribution in [0.2, 0.25) is 0 Å². The first kappa shape index (κ1) is 30.6. The number of piperidine rings is 2. The summed E-state index contributed by atoms with van der Waals surface area (Å²) in [5.74, 6) is 1.48. The van der Waals surface area contributed by atoms with Gasteiger partial charge in [-0.3, -0.25) is 9.59 Å². The minimum atomic E-state index is -0.459. The van der Waals surface area contributed by atoms with Crippen molar-refractivity contribution in [2.75, 3.05) is 31.1 Å². The van der Waals surface area contributed by atoms with Gasteiger partial charge in [-0.15, -0.1) is 11.3 Å². The molecule has 0 N–H and O–H groups in total. The van der Waals surface area contributed by atoms with Crippen molar-refractivity contribution in [1.82, 2.24) is 9.88 Å². The summed E-state index contributed by atoms with van der Waals surface area (Å²) >= 11 is 1.66. The lowest BCUT2D eigenvalue weighted by atomic mass is 9.85. The van der Waals surface area contributed by atoms with Gasteiger partial charge in [-0.05, 0) is 114 Å². The highest BCUT2D eigenvalue weighted by molar-refractivity contribution is 7.14. The number of hydrogen-bond donors (Lipinski definition) is 0. The number of aryl methyl sites for hydroxylation is 2. The van der Waals surface area contributed by atoms with Crippen LogP contribution in [-0.2, 0) is 16.1 Å². The Balaban J connectivity index is 1.14. The predicted octanol–water partition coefficient (Wildman–Crippen LogP) is 7.44. The third-order valence-corrected chi connectivity index (χ3v) is 10.2. The molecule has 3 fully saturated rings. The Morgan fingerprint density at radius 3 is 2.39 bits per heavy atom. The molecule has 6 rings (SSSR count). The number of carbonyl (C=O) groups is 2. The minimum absolute atomic E-state index is 0.0119. The lowest BCUT2D eigenvalue weighted by molar-refractivity contribution is -0.163. The first-order valence-corrected chi connectivity index (χ1v) is 17.0. The quantitative estimate of drug-likeness (QED) is 0.257. The van der Waals surface area contributed by atoms with Crippen LogP contribution in [0.15, 0.2) is 41.8 Å². The van der Waals surface area contributed by atoms with Gasteiger partial charge in [0.2, 0.25) is 0 Å². The van der Waals surface area contributed by atoms with Crippen LogP contribution >= 0.6 is 11.3 Å². The number of carbonyl (C=O) groups excluding carboxylic acids is 2. The van der Waals surface area contributed by atoms with Crippen molar-refractivity contribution in [3.63, 3.8) is 0 Å². The van der Waals surface area contributed by atoms with Crippen LogP contribution in [0.3, 0.4) is 0 Å². The highest BCUT2D eigenvalue weighted by Gasteiger charge is 2.48. The SMILES string of the molecule is Cc1ccc(OCc2ccc(C(=O)N3CCCCC3)cc2C)c(-c2csc(N3CC4CC[C@@H](C3)C4C(=O)OC(C)(C)C)n2)c1. The molecule has 3 heterocycles. The normalized spacial score (nSPS) is 21.8. The van der Waals surface area contributed by atoms with Crippen molar-refractivity contribution in [2.45, 2.75) is 78.9 Å². The number of benzene rings is 2. The first-order valence-electron chi connectivity index (χ1n) is 16.1. The molecular weight excluding hydrogens is 570 g/mol. The summed E-state index contributed by atoms with van der Waals surface area (Å²) in [4.78, 5) is 35.4. The molecule has 0 radical (unpaired) electrons. The van der Waals surface area contributed by atoms with Crippen LogP contribution < -0.4 is 9.64 Å². The lowest BCUT2D eigenvalue weighted by Gasteiger charge is -2.37. The summed E-state index contributed by atoms with van der Waals surface area (Å²) in [6.45, 7) is 13.7. The highest BCUT2D eigenvalue weighted by atomic mass is 32.1. The Kier molecular flexibility index (Phi) is 8.73. The largest absolute Gasteiger partial charge is 0.488 e. The van der Waals surface area contributed by atoms with Gasteiger partial charge in [0.1, 0.15) is 18.0 Å². The number of ether oxygens (including phenoxy) is 2. The number of anilines is 1. The molecule has 44 heavy (non-hydrogen) atoms. The van der Waals surface area contributed by atoms with Crippen molar-refractivity contribution in [3.8, 4) is 17.0 Å². The van der Waals surface area contributed by atoms with E-state index in [-0.39, 0.29) is 17.8 Å². The zero-order chi connectivity index (χ0) is 31.0. The maximum Gasteiger partial charge on any atom is 0.310 e. The number of nitrogens with zero attached hydrogens (tertiary/aromatic N) is 3. The average molecular weight is 616 g/mol. The standard InChI is InChI=1S/C36H45N3O4S/c1-23-9-14-31(42-21-28-13-10-25(18-24(28)2)33(40)38-15-7-6-8-16-38)29(17-23)30-22-44-35(37-30)39-19-26-11-12-27(20-39)32(26)34(41)43-36(3,4)5/h9-10,13-14,17-18,22,26-27,32H,6-8,11-12,15-16,19-21H2,1-5H3/t26-,27?,32?/m0/s1. The minimum Gasteiger partial charge on any atom is -0.488 e. The third kappa shape index (κ3) is 6.65. The van der Waals surface area contributed by atoms with E-state index in [1.54, 1.807) is 11.3 Å². The van der Waals surface area contributed by atoms with Crippen molar-refractivity contribution in [3.05, 3.63) is 64.0 Å². The van der Waals surface area contributed by atoms with E-state index in [9.17, 15) is 9.59 Å². The van der Waals surface area contributed by atoms with Gasteiger partial charge in [0, 0.05) is 42.7 Å². The van der Waals surface area contributed by atoms with Gasteiger partial charge in [0.15, 0.2) is 5.13 Å². The number of thiazole rings is 1. The maximum atomic E-state index is 13.0. The van der Waals surface area contributed by atoms with Crippen LogP contribution in [-0.4, -0.2) is 53.5 Å². The molecule has 1 aliphatic carbocycles. The second-order valence-electron chi connectivity index (χ2n) is 13.9. The summed E-state index contributed by atoms with van der Waals surface area (Å²) in [5, 5.41) is 3.11. The molecule has 3 atom stereocenters. The van der Waals surface area contributed by atoms with Crippen molar-refractivity contribution in [2.24, 2.45) is 17.8 Å². The molecule has 1 amide bonds. The first-order chi connectivity index (χ1) is 21.1. The van der Waals surface area contributed by atoms with Gasteiger partial charge < -0.3 is 19.3 Å². The number of rotatable bonds is 7. The lowest BCUT2D eigenvalue weighted by Crippen LogP contribution is -2.46. The summed E-state index contributed by atoms with van der Waals surface area (Å²) in [5.41, 5.74) is 5.45. The Morgan fingerprint density at radius 2 is 1.70 bits per heavy atom. The van der Waals surface area contributed by atoms with E-state index in [4.69, 9.17) is 14.5 Å². The number of esters is 1. The van der Waals surface area contributed by atoms with E-state index in [2.05, 4.69) is 29.3 Å². The van der Waals surface area contributed by atoms with Gasteiger partial charge in [0.05, 0.1) is 11.6 Å².